The van der Waals surface area contributed by atoms with Crippen LogP contribution >= 0.6 is 11.3 Å². The van der Waals surface area contributed by atoms with Crippen LogP contribution in [-0.4, -0.2) is 43.6 Å². The van der Waals surface area contributed by atoms with Crippen LogP contribution in [0.3, 0.4) is 0 Å². The molecule has 0 fully saturated rings. The first-order chi connectivity index (χ1) is 9.45. The summed E-state index contributed by atoms with van der Waals surface area (Å²) >= 11 is 1.15. The first kappa shape index (κ1) is 16.6. The Kier molecular flexibility index (Phi) is 6.60. The van der Waals surface area contributed by atoms with Gasteiger partial charge in [0.1, 0.15) is 4.88 Å². The Morgan fingerprint density at radius 1 is 1.40 bits per heavy atom. The lowest BCUT2D eigenvalue weighted by Gasteiger charge is -2.06. The van der Waals surface area contributed by atoms with Crippen LogP contribution in [-0.2, 0) is 9.47 Å². The van der Waals surface area contributed by atoms with Crippen LogP contribution in [0.1, 0.15) is 40.9 Å². The van der Waals surface area contributed by atoms with Gasteiger partial charge in [0.15, 0.2) is 16.6 Å². The summed E-state index contributed by atoms with van der Waals surface area (Å²) in [5, 5.41) is 3.55. The summed E-state index contributed by atoms with van der Waals surface area (Å²) in [4.78, 5) is 27.4. The fraction of sp³-hybridized carbons (Fsp3) is 0.615. The lowest BCUT2D eigenvalue weighted by molar-refractivity contribution is 0.0591. The number of esters is 1. The average Bonchev–Trinajstić information content (AvgIpc) is 2.81. The molecule has 1 aromatic heterocycles. The molecule has 112 valence electrons. The Morgan fingerprint density at radius 2 is 2.10 bits per heavy atom. The maximum absolute atomic E-state index is 11.5. The molecule has 0 aliphatic carbocycles. The molecule has 0 saturated heterocycles. The number of hydrogen-bond acceptors (Lipinski definition) is 7. The predicted molar refractivity (Wildman–Crippen MR) is 77.6 cm³/mol. The topological polar surface area (TPSA) is 77.5 Å². The zero-order valence-corrected chi connectivity index (χ0v) is 13.0. The van der Waals surface area contributed by atoms with E-state index in [0.29, 0.717) is 35.7 Å². The molecular formula is C13H20N2O4S. The van der Waals surface area contributed by atoms with Gasteiger partial charge in [0.05, 0.1) is 13.7 Å². The Morgan fingerprint density at radius 3 is 2.65 bits per heavy atom. The van der Waals surface area contributed by atoms with Crippen LogP contribution < -0.4 is 5.32 Å². The van der Waals surface area contributed by atoms with Crippen molar-refractivity contribution in [2.24, 2.45) is 5.92 Å². The van der Waals surface area contributed by atoms with Crippen LogP contribution in [0.4, 0.5) is 5.13 Å². The van der Waals surface area contributed by atoms with Crippen molar-refractivity contribution in [3.63, 3.8) is 0 Å². The minimum Gasteiger partial charge on any atom is -0.464 e. The number of anilines is 1. The molecule has 0 atom stereocenters. The van der Waals surface area contributed by atoms with Gasteiger partial charge in [-0.1, -0.05) is 25.2 Å². The van der Waals surface area contributed by atoms with Gasteiger partial charge in [0.2, 0.25) is 0 Å². The van der Waals surface area contributed by atoms with Crippen LogP contribution in [0.15, 0.2) is 0 Å². The molecule has 0 saturated carbocycles. The summed E-state index contributed by atoms with van der Waals surface area (Å²) in [7, 11) is 1.26. The van der Waals surface area contributed by atoms with Gasteiger partial charge in [-0.3, -0.25) is 4.79 Å². The molecule has 1 aromatic rings. The average molecular weight is 300 g/mol. The number of nitrogens with zero attached hydrogens (tertiary/aromatic N) is 1. The molecule has 0 aliphatic heterocycles. The molecule has 0 aliphatic rings. The van der Waals surface area contributed by atoms with E-state index in [1.54, 1.807) is 0 Å². The lowest BCUT2D eigenvalue weighted by Crippen LogP contribution is -2.12. The van der Waals surface area contributed by atoms with E-state index in [9.17, 15) is 9.59 Å². The summed E-state index contributed by atoms with van der Waals surface area (Å²) in [5.74, 6) is -0.312. The normalized spacial score (nSPS) is 10.7. The van der Waals surface area contributed by atoms with Crippen LogP contribution in [0, 0.1) is 5.92 Å². The van der Waals surface area contributed by atoms with Crippen LogP contribution in [0.25, 0.3) is 0 Å². The van der Waals surface area contributed by atoms with Gasteiger partial charge in [0.25, 0.3) is 0 Å². The molecule has 20 heavy (non-hydrogen) atoms. The fourth-order valence-corrected chi connectivity index (χ4v) is 2.29. The van der Waals surface area contributed by atoms with Gasteiger partial charge >= 0.3 is 5.97 Å². The maximum atomic E-state index is 11.5. The highest BCUT2D eigenvalue weighted by Gasteiger charge is 2.21. The number of rotatable bonds is 8. The summed E-state index contributed by atoms with van der Waals surface area (Å²) in [6, 6.07) is 0. The van der Waals surface area contributed by atoms with Crippen molar-refractivity contribution in [2.75, 3.05) is 32.2 Å². The van der Waals surface area contributed by atoms with Gasteiger partial charge in [-0.25, -0.2) is 9.78 Å². The molecule has 0 radical (unpaired) electrons. The Balaban J connectivity index is 2.59. The van der Waals surface area contributed by atoms with Gasteiger partial charge in [-0.15, -0.1) is 0 Å². The largest absolute Gasteiger partial charge is 0.464 e. The standard InChI is InChI=1S/C13H20N2O4S/c1-8(2)7-19-6-5-14-13-15-10(12(17)18-4)11(20-13)9(3)16/h8H,5-7H2,1-4H3,(H,14,15). The van der Waals surface area contributed by atoms with Crippen molar-refractivity contribution in [1.82, 2.24) is 4.98 Å². The second-order valence-electron chi connectivity index (χ2n) is 4.64. The zero-order chi connectivity index (χ0) is 15.1. The third-order valence-corrected chi connectivity index (χ3v) is 3.41. The number of carbonyl (C=O) groups is 2. The van der Waals surface area contributed by atoms with E-state index in [1.807, 2.05) is 0 Å². The number of nitrogens with one attached hydrogen (secondary N) is 1. The predicted octanol–water partition coefficient (Wildman–Crippen LogP) is 2.22. The first-order valence-electron chi connectivity index (χ1n) is 6.37. The SMILES string of the molecule is COC(=O)c1nc(NCCOCC(C)C)sc1C(C)=O. The highest BCUT2D eigenvalue weighted by Crippen LogP contribution is 2.24. The molecular weight excluding hydrogens is 280 g/mol. The molecule has 7 heteroatoms. The smallest absolute Gasteiger partial charge is 0.358 e. The molecule has 0 bridgehead atoms. The van der Waals surface area contributed by atoms with Gasteiger partial charge in [-0.2, -0.15) is 0 Å². The third kappa shape index (κ3) is 4.90. The number of ketones is 1. The van der Waals surface area contributed by atoms with E-state index >= 15 is 0 Å². The van der Waals surface area contributed by atoms with Crippen molar-refractivity contribution in [2.45, 2.75) is 20.8 Å². The van der Waals surface area contributed by atoms with E-state index < -0.39 is 5.97 Å². The Hall–Kier alpha value is -1.47. The molecule has 1 rings (SSSR count). The monoisotopic (exact) mass is 300 g/mol. The number of thiazole rings is 1. The number of carbonyl (C=O) groups excluding carboxylic acids is 2. The van der Waals surface area contributed by atoms with E-state index in [1.165, 1.54) is 14.0 Å². The minimum absolute atomic E-state index is 0.0654. The number of hydrogen-bond donors (Lipinski definition) is 1. The summed E-state index contributed by atoms with van der Waals surface area (Å²) in [5.41, 5.74) is 0.0654. The number of ether oxygens (including phenoxy) is 2. The van der Waals surface area contributed by atoms with Crippen molar-refractivity contribution in [3.05, 3.63) is 10.6 Å². The summed E-state index contributed by atoms with van der Waals surface area (Å²) in [6.07, 6.45) is 0. The van der Waals surface area contributed by atoms with Gasteiger partial charge < -0.3 is 14.8 Å². The van der Waals surface area contributed by atoms with Crippen LogP contribution in [0.2, 0.25) is 0 Å². The third-order valence-electron chi connectivity index (χ3n) is 2.30. The highest BCUT2D eigenvalue weighted by atomic mass is 32.1. The number of methoxy groups -OCH3 is 1. The second-order valence-corrected chi connectivity index (χ2v) is 5.64. The molecule has 6 nitrogen and oxygen atoms in total. The Labute approximate surface area is 122 Å². The molecule has 0 amide bonds. The lowest BCUT2D eigenvalue weighted by atomic mass is 10.2. The Bertz CT molecular complexity index is 471. The quantitative estimate of drug-likeness (QED) is 0.450. The molecule has 0 spiro atoms. The van der Waals surface area contributed by atoms with E-state index in [2.05, 4.69) is 28.9 Å². The summed E-state index contributed by atoms with van der Waals surface area (Å²) in [6.45, 7) is 7.37. The van der Waals surface area contributed by atoms with E-state index in [0.717, 1.165) is 11.3 Å². The maximum Gasteiger partial charge on any atom is 0.358 e. The summed E-state index contributed by atoms with van der Waals surface area (Å²) < 4.78 is 10.0. The van der Waals surface area contributed by atoms with E-state index in [4.69, 9.17) is 4.74 Å². The van der Waals surface area contributed by atoms with Crippen molar-refractivity contribution in [3.8, 4) is 0 Å². The van der Waals surface area contributed by atoms with Crippen molar-refractivity contribution in [1.29, 1.82) is 0 Å². The minimum atomic E-state index is -0.601. The zero-order valence-electron chi connectivity index (χ0n) is 12.2. The second kappa shape index (κ2) is 7.96. The molecule has 0 unspecified atom stereocenters. The number of aromatic nitrogens is 1. The van der Waals surface area contributed by atoms with Gasteiger partial charge in [-0.05, 0) is 5.92 Å². The molecule has 1 heterocycles. The first-order valence-corrected chi connectivity index (χ1v) is 7.19. The van der Waals surface area contributed by atoms with Gasteiger partial charge in [0, 0.05) is 20.1 Å². The molecule has 1 N–H and O–H groups in total. The number of Topliss-reactive ketones (excluding diaryl/α,β-unsaturated/α-hetero) is 1. The highest BCUT2D eigenvalue weighted by molar-refractivity contribution is 7.17. The molecule has 0 aromatic carbocycles. The van der Waals surface area contributed by atoms with E-state index in [-0.39, 0.29) is 11.5 Å². The van der Waals surface area contributed by atoms with Crippen LogP contribution in [0.5, 0.6) is 0 Å². The fourth-order valence-electron chi connectivity index (χ4n) is 1.42. The van der Waals surface area contributed by atoms with Crippen molar-refractivity contribution < 1.29 is 19.1 Å². The van der Waals surface area contributed by atoms with Crippen molar-refractivity contribution >= 4 is 28.2 Å².